The summed E-state index contributed by atoms with van der Waals surface area (Å²) >= 11 is 15.5. The highest BCUT2D eigenvalue weighted by Gasteiger charge is 2.10. The molecule has 0 fully saturated rings. The Morgan fingerprint density at radius 2 is 1.71 bits per heavy atom. The van der Waals surface area contributed by atoms with E-state index in [0.717, 1.165) is 15.7 Å². The van der Waals surface area contributed by atoms with Crippen LogP contribution in [-0.2, 0) is 6.54 Å². The van der Waals surface area contributed by atoms with Crippen LogP contribution in [0.1, 0.15) is 5.56 Å². The van der Waals surface area contributed by atoms with Crippen LogP contribution < -0.4 is 14.8 Å². The molecule has 3 nitrogen and oxygen atoms in total. The van der Waals surface area contributed by atoms with Gasteiger partial charge in [-0.05, 0) is 33.6 Å². The molecule has 0 heterocycles. The summed E-state index contributed by atoms with van der Waals surface area (Å²) in [5, 5.41) is 4.47. The lowest BCUT2D eigenvalue weighted by atomic mass is 10.2. The maximum absolute atomic E-state index is 6.09. The van der Waals surface area contributed by atoms with Crippen molar-refractivity contribution in [3.05, 3.63) is 50.4 Å². The molecule has 0 saturated heterocycles. The van der Waals surface area contributed by atoms with Gasteiger partial charge in [0, 0.05) is 23.2 Å². The molecule has 1 N–H and O–H groups in total. The Balaban J connectivity index is 2.20. The molecule has 0 unspecified atom stereocenters. The molecule has 0 saturated carbocycles. The van der Waals surface area contributed by atoms with Gasteiger partial charge in [-0.1, -0.05) is 29.3 Å². The molecule has 0 radical (unpaired) electrons. The maximum atomic E-state index is 6.09. The van der Waals surface area contributed by atoms with Gasteiger partial charge in [0.25, 0.3) is 0 Å². The van der Waals surface area contributed by atoms with Gasteiger partial charge in [-0.15, -0.1) is 0 Å². The highest BCUT2D eigenvalue weighted by atomic mass is 79.9. The van der Waals surface area contributed by atoms with E-state index in [1.165, 1.54) is 0 Å². The van der Waals surface area contributed by atoms with Gasteiger partial charge >= 0.3 is 0 Å². The molecular weight excluding hydrogens is 377 g/mol. The van der Waals surface area contributed by atoms with Crippen molar-refractivity contribution >= 4 is 44.8 Å². The third-order valence-corrected chi connectivity index (χ3v) is 4.47. The lowest BCUT2D eigenvalue weighted by Gasteiger charge is -2.14. The Labute approximate surface area is 142 Å². The molecule has 0 aliphatic carbocycles. The van der Waals surface area contributed by atoms with E-state index in [0.29, 0.717) is 28.1 Å². The minimum Gasteiger partial charge on any atom is -0.495 e. The van der Waals surface area contributed by atoms with Gasteiger partial charge in [0.1, 0.15) is 11.5 Å². The van der Waals surface area contributed by atoms with E-state index in [1.807, 2.05) is 24.3 Å². The molecule has 112 valence electrons. The summed E-state index contributed by atoms with van der Waals surface area (Å²) < 4.78 is 11.4. The summed E-state index contributed by atoms with van der Waals surface area (Å²) in [6.45, 7) is 0.605. The van der Waals surface area contributed by atoms with E-state index in [-0.39, 0.29) is 0 Å². The number of anilines is 1. The average Bonchev–Trinajstić information content (AvgIpc) is 2.48. The molecule has 0 bridgehead atoms. The summed E-state index contributed by atoms with van der Waals surface area (Å²) in [5.41, 5.74) is 1.86. The number of ether oxygens (including phenoxy) is 2. The zero-order chi connectivity index (χ0) is 15.4. The SMILES string of the molecule is COc1cc(NCc2ccc(Br)c(Cl)c2)c(OC)cc1Cl. The fourth-order valence-electron chi connectivity index (χ4n) is 1.85. The van der Waals surface area contributed by atoms with Crippen LogP contribution in [0.4, 0.5) is 5.69 Å². The second kappa shape index (κ2) is 7.25. The quantitative estimate of drug-likeness (QED) is 0.742. The topological polar surface area (TPSA) is 30.5 Å². The van der Waals surface area contributed by atoms with Gasteiger partial charge in [0.15, 0.2) is 0 Å². The number of methoxy groups -OCH3 is 2. The summed E-state index contributed by atoms with van der Waals surface area (Å²) in [6.07, 6.45) is 0. The van der Waals surface area contributed by atoms with E-state index >= 15 is 0 Å². The van der Waals surface area contributed by atoms with Gasteiger partial charge in [-0.3, -0.25) is 0 Å². The Hall–Kier alpha value is -1.10. The number of hydrogen-bond acceptors (Lipinski definition) is 3. The fraction of sp³-hybridized carbons (Fsp3) is 0.200. The predicted molar refractivity (Wildman–Crippen MR) is 91.0 cm³/mol. The average molecular weight is 391 g/mol. The number of nitrogens with one attached hydrogen (secondary N) is 1. The molecule has 2 aromatic rings. The Bertz CT molecular complexity index is 650. The van der Waals surface area contributed by atoms with Crippen molar-refractivity contribution in [3.63, 3.8) is 0 Å². The normalized spacial score (nSPS) is 10.3. The second-order valence-corrected chi connectivity index (χ2v) is 5.96. The molecule has 2 aromatic carbocycles. The van der Waals surface area contributed by atoms with Crippen molar-refractivity contribution in [3.8, 4) is 11.5 Å². The molecule has 0 amide bonds. The van der Waals surface area contributed by atoms with Crippen LogP contribution in [0.25, 0.3) is 0 Å². The largest absolute Gasteiger partial charge is 0.495 e. The van der Waals surface area contributed by atoms with E-state index in [2.05, 4.69) is 21.2 Å². The van der Waals surface area contributed by atoms with Crippen LogP contribution in [0.15, 0.2) is 34.8 Å². The summed E-state index contributed by atoms with van der Waals surface area (Å²) in [6, 6.07) is 9.33. The van der Waals surface area contributed by atoms with Crippen molar-refractivity contribution in [2.45, 2.75) is 6.54 Å². The lowest BCUT2D eigenvalue weighted by molar-refractivity contribution is 0.404. The fourth-order valence-corrected chi connectivity index (χ4v) is 2.53. The number of hydrogen-bond donors (Lipinski definition) is 1. The van der Waals surface area contributed by atoms with Crippen LogP contribution in [0.3, 0.4) is 0 Å². The summed E-state index contributed by atoms with van der Waals surface area (Å²) in [7, 11) is 3.17. The number of rotatable bonds is 5. The minimum absolute atomic E-state index is 0.506. The standard InChI is InChI=1S/C15H14BrCl2NO2/c1-20-14-7-13(15(21-2)6-12(14)18)19-8-9-3-4-10(16)11(17)5-9/h3-7,19H,8H2,1-2H3. The molecule has 0 spiro atoms. The van der Waals surface area contributed by atoms with Crippen molar-refractivity contribution in [1.29, 1.82) is 0 Å². The summed E-state index contributed by atoms with van der Waals surface area (Å²) in [4.78, 5) is 0. The lowest BCUT2D eigenvalue weighted by Crippen LogP contribution is -2.02. The zero-order valence-electron chi connectivity index (χ0n) is 11.5. The van der Waals surface area contributed by atoms with Gasteiger partial charge in [0.2, 0.25) is 0 Å². The van der Waals surface area contributed by atoms with E-state index < -0.39 is 0 Å². The van der Waals surface area contributed by atoms with Gasteiger partial charge in [-0.2, -0.15) is 0 Å². The van der Waals surface area contributed by atoms with Gasteiger partial charge in [-0.25, -0.2) is 0 Å². The Kier molecular flexibility index (Phi) is 5.62. The highest BCUT2D eigenvalue weighted by Crippen LogP contribution is 2.36. The van der Waals surface area contributed by atoms with Crippen LogP contribution in [0.5, 0.6) is 11.5 Å². The first-order valence-electron chi connectivity index (χ1n) is 6.14. The second-order valence-electron chi connectivity index (χ2n) is 4.29. The van der Waals surface area contributed by atoms with Crippen molar-refractivity contribution in [2.75, 3.05) is 19.5 Å². The van der Waals surface area contributed by atoms with Crippen LogP contribution >= 0.6 is 39.1 Å². The van der Waals surface area contributed by atoms with Crippen LogP contribution in [-0.4, -0.2) is 14.2 Å². The zero-order valence-corrected chi connectivity index (χ0v) is 14.6. The Morgan fingerprint density at radius 1 is 1.00 bits per heavy atom. The maximum Gasteiger partial charge on any atom is 0.143 e. The third kappa shape index (κ3) is 3.96. The van der Waals surface area contributed by atoms with E-state index in [4.69, 9.17) is 32.7 Å². The summed E-state index contributed by atoms with van der Waals surface area (Å²) in [5.74, 6) is 1.25. The third-order valence-electron chi connectivity index (χ3n) is 2.94. The van der Waals surface area contributed by atoms with Gasteiger partial charge < -0.3 is 14.8 Å². The first kappa shape index (κ1) is 16.3. The van der Waals surface area contributed by atoms with Crippen LogP contribution in [0, 0.1) is 0 Å². The number of halogens is 3. The molecule has 0 aliphatic rings. The molecule has 0 aliphatic heterocycles. The molecule has 0 atom stereocenters. The monoisotopic (exact) mass is 389 g/mol. The first-order chi connectivity index (χ1) is 10.0. The van der Waals surface area contributed by atoms with Gasteiger partial charge in [0.05, 0.1) is 30.0 Å². The molecule has 21 heavy (non-hydrogen) atoms. The van der Waals surface area contributed by atoms with Crippen LogP contribution in [0.2, 0.25) is 10.0 Å². The molecule has 2 rings (SSSR count). The first-order valence-corrected chi connectivity index (χ1v) is 7.69. The smallest absolute Gasteiger partial charge is 0.143 e. The van der Waals surface area contributed by atoms with Crippen molar-refractivity contribution in [2.24, 2.45) is 0 Å². The van der Waals surface area contributed by atoms with Crippen molar-refractivity contribution in [1.82, 2.24) is 0 Å². The number of benzene rings is 2. The minimum atomic E-state index is 0.506. The van der Waals surface area contributed by atoms with E-state index in [9.17, 15) is 0 Å². The van der Waals surface area contributed by atoms with Crippen molar-refractivity contribution < 1.29 is 9.47 Å². The van der Waals surface area contributed by atoms with E-state index in [1.54, 1.807) is 20.3 Å². The Morgan fingerprint density at radius 3 is 2.33 bits per heavy atom. The highest BCUT2D eigenvalue weighted by molar-refractivity contribution is 9.10. The molecule has 0 aromatic heterocycles. The predicted octanol–water partition coefficient (Wildman–Crippen LogP) is 5.39. The molecular formula is C15H14BrCl2NO2. The molecule has 6 heteroatoms.